The lowest BCUT2D eigenvalue weighted by Crippen LogP contribution is -2.16. The second-order valence-corrected chi connectivity index (χ2v) is 6.12. The number of carbonyl (C=O) groups excluding carboxylic acids is 1. The van der Waals surface area contributed by atoms with Crippen molar-refractivity contribution in [2.75, 3.05) is 5.32 Å². The number of amides is 1. The van der Waals surface area contributed by atoms with E-state index in [1.54, 1.807) is 18.2 Å². The van der Waals surface area contributed by atoms with Gasteiger partial charge in [0.1, 0.15) is 11.6 Å². The van der Waals surface area contributed by atoms with Crippen LogP contribution in [0.15, 0.2) is 66.9 Å². The van der Waals surface area contributed by atoms with Gasteiger partial charge in [0.15, 0.2) is 11.6 Å². The molecular formula is C21H15N5O. The standard InChI is InChI=1S/C21H15N5O/c1-14-5-4-7-16(11-14)21(27)25-20-17(12-22)13-23-26(20)19-10-9-15-6-2-3-8-18(15)24-19/h2-11,13H,1H3,(H,25,27). The fourth-order valence-electron chi connectivity index (χ4n) is 2.86. The Morgan fingerprint density at radius 1 is 1.11 bits per heavy atom. The van der Waals surface area contributed by atoms with Crippen molar-refractivity contribution in [3.8, 4) is 11.9 Å². The maximum absolute atomic E-state index is 12.6. The summed E-state index contributed by atoms with van der Waals surface area (Å²) in [6.07, 6.45) is 1.42. The maximum Gasteiger partial charge on any atom is 0.256 e. The highest BCUT2D eigenvalue weighted by Crippen LogP contribution is 2.21. The number of pyridine rings is 1. The Balaban J connectivity index is 1.75. The van der Waals surface area contributed by atoms with Crippen LogP contribution in [0, 0.1) is 18.3 Å². The number of nitriles is 1. The van der Waals surface area contributed by atoms with E-state index in [0.29, 0.717) is 17.2 Å². The maximum atomic E-state index is 12.6. The molecule has 2 aromatic heterocycles. The quantitative estimate of drug-likeness (QED) is 0.606. The molecule has 0 atom stereocenters. The molecule has 0 saturated carbocycles. The third-order valence-electron chi connectivity index (χ3n) is 4.20. The number of carbonyl (C=O) groups is 1. The van der Waals surface area contributed by atoms with E-state index in [1.165, 1.54) is 10.9 Å². The first kappa shape index (κ1) is 16.5. The van der Waals surface area contributed by atoms with Gasteiger partial charge in [-0.1, -0.05) is 35.9 Å². The molecule has 0 radical (unpaired) electrons. The van der Waals surface area contributed by atoms with Crippen molar-refractivity contribution in [3.63, 3.8) is 0 Å². The summed E-state index contributed by atoms with van der Waals surface area (Å²) in [6.45, 7) is 1.92. The van der Waals surface area contributed by atoms with Crippen LogP contribution in [-0.2, 0) is 0 Å². The molecule has 0 spiro atoms. The summed E-state index contributed by atoms with van der Waals surface area (Å²) in [4.78, 5) is 17.2. The van der Waals surface area contributed by atoms with Gasteiger partial charge in [-0.3, -0.25) is 4.79 Å². The third kappa shape index (κ3) is 3.14. The van der Waals surface area contributed by atoms with Crippen LogP contribution in [0.2, 0.25) is 0 Å². The molecule has 0 unspecified atom stereocenters. The lowest BCUT2D eigenvalue weighted by molar-refractivity contribution is 0.102. The molecule has 0 aliphatic rings. The van der Waals surface area contributed by atoms with Crippen LogP contribution in [0.1, 0.15) is 21.5 Å². The molecule has 4 aromatic rings. The first-order valence-electron chi connectivity index (χ1n) is 8.38. The summed E-state index contributed by atoms with van der Waals surface area (Å²) < 4.78 is 1.47. The topological polar surface area (TPSA) is 83.6 Å². The Hall–Kier alpha value is -3.98. The van der Waals surface area contributed by atoms with Crippen LogP contribution in [0.3, 0.4) is 0 Å². The molecular weight excluding hydrogens is 338 g/mol. The van der Waals surface area contributed by atoms with Gasteiger partial charge < -0.3 is 5.32 Å². The molecule has 6 heteroatoms. The Morgan fingerprint density at radius 3 is 2.78 bits per heavy atom. The Bertz CT molecular complexity index is 1200. The highest BCUT2D eigenvalue weighted by atomic mass is 16.1. The molecule has 4 rings (SSSR count). The van der Waals surface area contributed by atoms with Crippen LogP contribution in [0.4, 0.5) is 5.82 Å². The van der Waals surface area contributed by atoms with Gasteiger partial charge in [-0.25, -0.2) is 4.98 Å². The SMILES string of the molecule is Cc1cccc(C(=O)Nc2c(C#N)cnn2-c2ccc3ccccc3n2)c1. The van der Waals surface area contributed by atoms with Crippen molar-refractivity contribution in [1.82, 2.24) is 14.8 Å². The highest BCUT2D eigenvalue weighted by molar-refractivity contribution is 6.04. The monoisotopic (exact) mass is 353 g/mol. The molecule has 130 valence electrons. The number of aromatic nitrogens is 3. The van der Waals surface area contributed by atoms with Crippen LogP contribution in [0.25, 0.3) is 16.7 Å². The number of benzene rings is 2. The van der Waals surface area contributed by atoms with Crippen molar-refractivity contribution in [2.24, 2.45) is 0 Å². The second kappa shape index (κ2) is 6.73. The zero-order valence-electron chi connectivity index (χ0n) is 14.5. The van der Waals surface area contributed by atoms with Crippen molar-refractivity contribution in [2.45, 2.75) is 6.92 Å². The summed E-state index contributed by atoms with van der Waals surface area (Å²) in [5.41, 5.74) is 2.57. The molecule has 1 amide bonds. The van der Waals surface area contributed by atoms with E-state index in [2.05, 4.69) is 21.5 Å². The summed E-state index contributed by atoms with van der Waals surface area (Å²) in [5.74, 6) is 0.513. The van der Waals surface area contributed by atoms with E-state index in [0.717, 1.165) is 16.5 Å². The average Bonchev–Trinajstić information content (AvgIpc) is 3.10. The van der Waals surface area contributed by atoms with Crippen LogP contribution >= 0.6 is 0 Å². The van der Waals surface area contributed by atoms with Gasteiger partial charge in [0.25, 0.3) is 5.91 Å². The van der Waals surface area contributed by atoms with Crippen LogP contribution in [0.5, 0.6) is 0 Å². The van der Waals surface area contributed by atoms with Crippen molar-refractivity contribution < 1.29 is 4.79 Å². The van der Waals surface area contributed by atoms with Gasteiger partial charge in [-0.15, -0.1) is 0 Å². The van der Waals surface area contributed by atoms with Crippen molar-refractivity contribution >= 4 is 22.6 Å². The van der Waals surface area contributed by atoms with E-state index in [-0.39, 0.29) is 11.5 Å². The third-order valence-corrected chi connectivity index (χ3v) is 4.20. The van der Waals surface area contributed by atoms with E-state index < -0.39 is 0 Å². The normalized spacial score (nSPS) is 10.5. The number of aryl methyl sites for hydroxylation is 1. The molecule has 0 aliphatic carbocycles. The van der Waals surface area contributed by atoms with Crippen LogP contribution in [-0.4, -0.2) is 20.7 Å². The van der Waals surface area contributed by atoms with Gasteiger partial charge in [0, 0.05) is 10.9 Å². The zero-order valence-corrected chi connectivity index (χ0v) is 14.5. The van der Waals surface area contributed by atoms with Gasteiger partial charge in [-0.2, -0.15) is 15.0 Å². The molecule has 6 nitrogen and oxygen atoms in total. The van der Waals surface area contributed by atoms with Gasteiger partial charge >= 0.3 is 0 Å². The zero-order chi connectivity index (χ0) is 18.8. The Labute approximate surface area is 155 Å². The molecule has 0 fully saturated rings. The number of nitrogens with zero attached hydrogens (tertiary/aromatic N) is 4. The van der Waals surface area contributed by atoms with Gasteiger partial charge in [-0.05, 0) is 37.3 Å². The number of hydrogen-bond acceptors (Lipinski definition) is 4. The predicted octanol–water partition coefficient (Wildman–Crippen LogP) is 3.85. The minimum absolute atomic E-state index is 0.269. The molecule has 1 N–H and O–H groups in total. The minimum Gasteiger partial charge on any atom is -0.305 e. The average molecular weight is 353 g/mol. The lowest BCUT2D eigenvalue weighted by atomic mass is 10.1. The minimum atomic E-state index is -0.308. The first-order valence-corrected chi connectivity index (χ1v) is 8.38. The fourth-order valence-corrected chi connectivity index (χ4v) is 2.86. The first-order chi connectivity index (χ1) is 13.2. The van der Waals surface area contributed by atoms with E-state index in [9.17, 15) is 10.1 Å². The van der Waals surface area contributed by atoms with Crippen LogP contribution < -0.4 is 5.32 Å². The number of anilines is 1. The second-order valence-electron chi connectivity index (χ2n) is 6.12. The number of hydrogen-bond donors (Lipinski definition) is 1. The summed E-state index contributed by atoms with van der Waals surface area (Å²) in [6, 6.07) is 20.8. The predicted molar refractivity (Wildman–Crippen MR) is 103 cm³/mol. The van der Waals surface area contributed by atoms with E-state index >= 15 is 0 Å². The summed E-state index contributed by atoms with van der Waals surface area (Å²) >= 11 is 0. The van der Waals surface area contributed by atoms with E-state index in [1.807, 2.05) is 49.4 Å². The Morgan fingerprint density at radius 2 is 1.96 bits per heavy atom. The van der Waals surface area contributed by atoms with Gasteiger partial charge in [0.2, 0.25) is 0 Å². The molecule has 0 saturated heterocycles. The molecule has 0 bridgehead atoms. The largest absolute Gasteiger partial charge is 0.305 e. The number of para-hydroxylation sites is 1. The number of nitrogens with one attached hydrogen (secondary N) is 1. The highest BCUT2D eigenvalue weighted by Gasteiger charge is 2.17. The van der Waals surface area contributed by atoms with E-state index in [4.69, 9.17) is 0 Å². The summed E-state index contributed by atoms with van der Waals surface area (Å²) in [7, 11) is 0. The van der Waals surface area contributed by atoms with Crippen molar-refractivity contribution in [3.05, 3.63) is 83.6 Å². The number of rotatable bonds is 3. The molecule has 2 aromatic carbocycles. The molecule has 0 aliphatic heterocycles. The van der Waals surface area contributed by atoms with Gasteiger partial charge in [0.05, 0.1) is 11.7 Å². The lowest BCUT2D eigenvalue weighted by Gasteiger charge is -2.10. The number of fused-ring (bicyclic) bond motifs is 1. The Kier molecular flexibility index (Phi) is 4.11. The molecule has 2 heterocycles. The summed E-state index contributed by atoms with van der Waals surface area (Å²) in [5, 5.41) is 17.4. The fraction of sp³-hybridized carbons (Fsp3) is 0.0476. The molecule has 27 heavy (non-hydrogen) atoms. The smallest absolute Gasteiger partial charge is 0.256 e. The van der Waals surface area contributed by atoms with Crippen molar-refractivity contribution in [1.29, 1.82) is 5.26 Å².